The average molecular weight is 288 g/mol. The first-order valence-corrected chi connectivity index (χ1v) is 7.26. The van der Waals surface area contributed by atoms with Crippen LogP contribution < -0.4 is 11.1 Å². The van der Waals surface area contributed by atoms with Gasteiger partial charge in [0.25, 0.3) is 0 Å². The molecule has 0 unspecified atom stereocenters. The Morgan fingerprint density at radius 2 is 1.90 bits per heavy atom. The third-order valence-electron chi connectivity index (χ3n) is 2.86. The lowest BCUT2D eigenvalue weighted by molar-refractivity contribution is 0.0602. The number of carbonyl (C=O) groups excluding carboxylic acids is 1. The summed E-state index contributed by atoms with van der Waals surface area (Å²) in [5.74, 6) is -0.416. The van der Waals surface area contributed by atoms with E-state index < -0.39 is 5.97 Å². The van der Waals surface area contributed by atoms with E-state index in [0.717, 1.165) is 5.69 Å². The molecule has 0 bridgehead atoms. The first kappa shape index (κ1) is 14.3. The molecule has 5 heteroatoms. The van der Waals surface area contributed by atoms with E-state index in [1.54, 1.807) is 30.0 Å². The molecule has 0 saturated heterocycles. The van der Waals surface area contributed by atoms with Gasteiger partial charge < -0.3 is 15.8 Å². The highest BCUT2D eigenvalue weighted by Crippen LogP contribution is 2.28. The Balaban J connectivity index is 2.34. The van der Waals surface area contributed by atoms with Crippen molar-refractivity contribution in [2.45, 2.75) is 4.90 Å². The van der Waals surface area contributed by atoms with E-state index in [0.29, 0.717) is 16.9 Å². The Labute approximate surface area is 122 Å². The minimum absolute atomic E-state index is 0.416. The molecule has 0 aliphatic rings. The monoisotopic (exact) mass is 288 g/mol. The van der Waals surface area contributed by atoms with E-state index in [1.807, 2.05) is 30.5 Å². The lowest BCUT2D eigenvalue weighted by atomic mass is 10.1. The number of hydrogen-bond acceptors (Lipinski definition) is 5. The van der Waals surface area contributed by atoms with Crippen LogP contribution in [0, 0.1) is 0 Å². The molecule has 0 radical (unpaired) electrons. The highest BCUT2D eigenvalue weighted by molar-refractivity contribution is 7.98. The summed E-state index contributed by atoms with van der Waals surface area (Å²) >= 11 is 1.67. The SMILES string of the molecule is COC(=O)c1cccc(N)c1Nc1ccc(SC)cc1. The molecule has 0 atom stereocenters. The third kappa shape index (κ3) is 3.05. The van der Waals surface area contributed by atoms with Crippen molar-refractivity contribution in [2.24, 2.45) is 0 Å². The fourth-order valence-electron chi connectivity index (χ4n) is 1.81. The molecular weight excluding hydrogens is 272 g/mol. The summed E-state index contributed by atoms with van der Waals surface area (Å²) in [5, 5.41) is 3.17. The number of anilines is 3. The Morgan fingerprint density at radius 1 is 1.20 bits per heavy atom. The summed E-state index contributed by atoms with van der Waals surface area (Å²) in [4.78, 5) is 12.9. The van der Waals surface area contributed by atoms with Gasteiger partial charge in [-0.1, -0.05) is 6.07 Å². The second-order valence-electron chi connectivity index (χ2n) is 4.11. The maximum atomic E-state index is 11.8. The van der Waals surface area contributed by atoms with Crippen LogP contribution in [-0.2, 0) is 4.74 Å². The zero-order valence-electron chi connectivity index (χ0n) is 11.3. The van der Waals surface area contributed by atoms with Crippen LogP contribution in [0.3, 0.4) is 0 Å². The molecule has 2 rings (SSSR count). The molecule has 0 saturated carbocycles. The van der Waals surface area contributed by atoms with Crippen LogP contribution in [0.2, 0.25) is 0 Å². The van der Waals surface area contributed by atoms with Crippen molar-refractivity contribution in [3.05, 3.63) is 48.0 Å². The number of nitrogens with two attached hydrogens (primary N) is 1. The van der Waals surface area contributed by atoms with Crippen LogP contribution in [0.1, 0.15) is 10.4 Å². The van der Waals surface area contributed by atoms with Gasteiger partial charge in [0.05, 0.1) is 24.0 Å². The van der Waals surface area contributed by atoms with E-state index in [9.17, 15) is 4.79 Å². The largest absolute Gasteiger partial charge is 0.465 e. The standard InChI is InChI=1S/C15H16N2O2S/c1-19-15(18)12-4-3-5-13(16)14(12)17-10-6-8-11(20-2)9-7-10/h3-9,17H,16H2,1-2H3. The van der Waals surface area contributed by atoms with Gasteiger partial charge in [-0.15, -0.1) is 11.8 Å². The lowest BCUT2D eigenvalue weighted by Crippen LogP contribution is -2.07. The van der Waals surface area contributed by atoms with Crippen LogP contribution >= 0.6 is 11.8 Å². The molecule has 0 heterocycles. The number of para-hydroxylation sites is 1. The van der Waals surface area contributed by atoms with Gasteiger partial charge >= 0.3 is 5.97 Å². The zero-order chi connectivity index (χ0) is 14.5. The number of methoxy groups -OCH3 is 1. The molecule has 104 valence electrons. The second kappa shape index (κ2) is 6.34. The van der Waals surface area contributed by atoms with E-state index in [-0.39, 0.29) is 0 Å². The van der Waals surface area contributed by atoms with Gasteiger partial charge in [-0.05, 0) is 42.7 Å². The van der Waals surface area contributed by atoms with Gasteiger partial charge in [0, 0.05) is 10.6 Å². The number of ether oxygens (including phenoxy) is 1. The maximum Gasteiger partial charge on any atom is 0.340 e. The van der Waals surface area contributed by atoms with E-state index >= 15 is 0 Å². The summed E-state index contributed by atoms with van der Waals surface area (Å²) < 4.78 is 4.77. The van der Waals surface area contributed by atoms with Crippen LogP contribution in [0.25, 0.3) is 0 Å². The Kier molecular flexibility index (Phi) is 4.53. The number of nitrogen functional groups attached to an aromatic ring is 1. The smallest absolute Gasteiger partial charge is 0.340 e. The quantitative estimate of drug-likeness (QED) is 0.512. The number of rotatable bonds is 4. The molecule has 2 aromatic carbocycles. The Hall–Kier alpha value is -2.14. The van der Waals surface area contributed by atoms with Gasteiger partial charge in [0.2, 0.25) is 0 Å². The zero-order valence-corrected chi connectivity index (χ0v) is 12.2. The molecule has 20 heavy (non-hydrogen) atoms. The predicted molar refractivity (Wildman–Crippen MR) is 83.7 cm³/mol. The molecule has 0 aromatic heterocycles. The number of esters is 1. The summed E-state index contributed by atoms with van der Waals surface area (Å²) in [6, 6.07) is 13.0. The van der Waals surface area contributed by atoms with Gasteiger partial charge in [-0.3, -0.25) is 0 Å². The highest BCUT2D eigenvalue weighted by atomic mass is 32.2. The number of benzene rings is 2. The van der Waals surface area contributed by atoms with Crippen molar-refractivity contribution in [3.8, 4) is 0 Å². The van der Waals surface area contributed by atoms with Crippen LogP contribution in [-0.4, -0.2) is 19.3 Å². The fourth-order valence-corrected chi connectivity index (χ4v) is 2.22. The fraction of sp³-hybridized carbons (Fsp3) is 0.133. The van der Waals surface area contributed by atoms with Crippen LogP contribution in [0.5, 0.6) is 0 Å². The number of hydrogen-bond donors (Lipinski definition) is 2. The molecule has 0 spiro atoms. The molecular formula is C15H16N2O2S. The second-order valence-corrected chi connectivity index (χ2v) is 4.99. The molecule has 2 aromatic rings. The molecule has 0 amide bonds. The lowest BCUT2D eigenvalue weighted by Gasteiger charge is -2.13. The molecule has 4 nitrogen and oxygen atoms in total. The Bertz CT molecular complexity index is 612. The van der Waals surface area contributed by atoms with Crippen LogP contribution in [0.15, 0.2) is 47.4 Å². The molecule has 0 fully saturated rings. The number of thioether (sulfide) groups is 1. The molecule has 0 aliphatic carbocycles. The van der Waals surface area contributed by atoms with Crippen molar-refractivity contribution < 1.29 is 9.53 Å². The van der Waals surface area contributed by atoms with Crippen molar-refractivity contribution in [2.75, 3.05) is 24.4 Å². The van der Waals surface area contributed by atoms with E-state index in [4.69, 9.17) is 10.5 Å². The van der Waals surface area contributed by atoms with E-state index in [1.165, 1.54) is 12.0 Å². The van der Waals surface area contributed by atoms with Crippen molar-refractivity contribution >= 4 is 34.8 Å². The Morgan fingerprint density at radius 3 is 2.50 bits per heavy atom. The van der Waals surface area contributed by atoms with Gasteiger partial charge in [0.15, 0.2) is 0 Å². The van der Waals surface area contributed by atoms with Crippen molar-refractivity contribution in [1.82, 2.24) is 0 Å². The molecule has 0 aliphatic heterocycles. The number of nitrogens with one attached hydrogen (secondary N) is 1. The summed E-state index contributed by atoms with van der Waals surface area (Å²) in [7, 11) is 1.35. The first-order chi connectivity index (χ1) is 9.65. The van der Waals surface area contributed by atoms with Crippen molar-refractivity contribution in [3.63, 3.8) is 0 Å². The summed E-state index contributed by atoms with van der Waals surface area (Å²) in [6.07, 6.45) is 2.02. The third-order valence-corrected chi connectivity index (χ3v) is 3.60. The van der Waals surface area contributed by atoms with Crippen molar-refractivity contribution in [1.29, 1.82) is 0 Å². The van der Waals surface area contributed by atoms with Gasteiger partial charge in [-0.2, -0.15) is 0 Å². The normalized spacial score (nSPS) is 10.1. The average Bonchev–Trinajstić information content (AvgIpc) is 2.49. The van der Waals surface area contributed by atoms with Gasteiger partial charge in [0.1, 0.15) is 0 Å². The van der Waals surface area contributed by atoms with Gasteiger partial charge in [-0.25, -0.2) is 4.79 Å². The topological polar surface area (TPSA) is 64.3 Å². The molecule has 3 N–H and O–H groups in total. The maximum absolute atomic E-state index is 11.8. The van der Waals surface area contributed by atoms with Crippen LogP contribution in [0.4, 0.5) is 17.1 Å². The summed E-state index contributed by atoms with van der Waals surface area (Å²) in [5.41, 5.74) is 8.30. The first-order valence-electron chi connectivity index (χ1n) is 6.03. The predicted octanol–water partition coefficient (Wildman–Crippen LogP) is 3.52. The van der Waals surface area contributed by atoms with E-state index in [2.05, 4.69) is 5.32 Å². The number of carbonyl (C=O) groups is 1. The highest BCUT2D eigenvalue weighted by Gasteiger charge is 2.14. The summed E-state index contributed by atoms with van der Waals surface area (Å²) in [6.45, 7) is 0. The minimum Gasteiger partial charge on any atom is -0.465 e. The minimum atomic E-state index is -0.416.